The van der Waals surface area contributed by atoms with Crippen LogP contribution in [0.25, 0.3) is 11.1 Å². The van der Waals surface area contributed by atoms with E-state index in [2.05, 4.69) is 20.4 Å². The van der Waals surface area contributed by atoms with Crippen molar-refractivity contribution in [3.8, 4) is 11.1 Å². The molecule has 41 heavy (non-hydrogen) atoms. The predicted octanol–water partition coefficient (Wildman–Crippen LogP) is 7.18. The van der Waals surface area contributed by atoms with Gasteiger partial charge in [0.2, 0.25) is 0 Å². The number of pyridine rings is 1. The maximum Gasteiger partial charge on any atom is 0.417 e. The summed E-state index contributed by atoms with van der Waals surface area (Å²) >= 11 is 0. The first kappa shape index (κ1) is 28.1. The smallest absolute Gasteiger partial charge is 0.334 e. The highest BCUT2D eigenvalue weighted by Gasteiger charge is 2.31. The first-order valence-corrected chi connectivity index (χ1v) is 13.5. The molecular weight excluding hydrogens is 529 g/mol. The van der Waals surface area contributed by atoms with Crippen molar-refractivity contribution < 1.29 is 18.0 Å². The fraction of sp³-hybridized carbons (Fsp3) is 0.290. The Bertz CT molecular complexity index is 1460. The van der Waals surface area contributed by atoms with Crippen molar-refractivity contribution in [2.45, 2.75) is 44.4 Å². The van der Waals surface area contributed by atoms with Crippen molar-refractivity contribution in [3.63, 3.8) is 0 Å². The lowest BCUT2D eigenvalue weighted by Crippen LogP contribution is -2.47. The van der Waals surface area contributed by atoms with Crippen LogP contribution in [0.2, 0.25) is 0 Å². The van der Waals surface area contributed by atoms with E-state index in [1.165, 1.54) is 6.07 Å². The molecule has 1 saturated carbocycles. The normalized spacial score (nSPS) is 17.5. The van der Waals surface area contributed by atoms with E-state index in [0.29, 0.717) is 6.54 Å². The molecule has 0 spiro atoms. The number of nitrogens with zero attached hydrogens (tertiary/aromatic N) is 5. The summed E-state index contributed by atoms with van der Waals surface area (Å²) in [7, 11) is 1.87. The number of carbonyl (C=O) groups excluding carboxylic acids is 1. The minimum atomic E-state index is -4.42. The van der Waals surface area contributed by atoms with Crippen LogP contribution in [0.5, 0.6) is 0 Å². The molecule has 4 aromatic rings. The number of alkyl halides is 3. The molecule has 0 bridgehead atoms. The summed E-state index contributed by atoms with van der Waals surface area (Å²) in [5.74, 6) is 0.397. The third-order valence-corrected chi connectivity index (χ3v) is 7.29. The Morgan fingerprint density at radius 2 is 1.73 bits per heavy atom. The number of halogens is 3. The lowest BCUT2D eigenvalue weighted by atomic mass is 9.86. The second kappa shape index (κ2) is 12.4. The molecule has 212 valence electrons. The van der Waals surface area contributed by atoms with Gasteiger partial charge in [0.1, 0.15) is 0 Å². The Balaban J connectivity index is 1.27. The number of aliphatic imine (C=N–C) groups is 1. The number of rotatable bonds is 7. The van der Waals surface area contributed by atoms with Crippen LogP contribution in [0, 0.1) is 5.92 Å². The van der Waals surface area contributed by atoms with Crippen molar-refractivity contribution in [1.82, 2.24) is 20.1 Å². The molecular formula is C31H31F3N6O. The summed E-state index contributed by atoms with van der Waals surface area (Å²) in [6, 6.07) is 19.8. The first-order valence-electron chi connectivity index (χ1n) is 13.5. The van der Waals surface area contributed by atoms with Crippen molar-refractivity contribution >= 4 is 23.8 Å². The van der Waals surface area contributed by atoms with E-state index in [9.17, 15) is 18.0 Å². The van der Waals surface area contributed by atoms with Gasteiger partial charge in [0.05, 0.1) is 11.8 Å². The Hall–Kier alpha value is -4.47. The maximum absolute atomic E-state index is 13.6. The monoisotopic (exact) mass is 560 g/mol. The van der Waals surface area contributed by atoms with Crippen LogP contribution in [-0.2, 0) is 19.8 Å². The third-order valence-electron chi connectivity index (χ3n) is 7.29. The molecule has 0 unspecified atom stereocenters. The van der Waals surface area contributed by atoms with E-state index < -0.39 is 11.7 Å². The summed E-state index contributed by atoms with van der Waals surface area (Å²) in [5, 5.41) is 7.32. The second-order valence-corrected chi connectivity index (χ2v) is 10.2. The third kappa shape index (κ3) is 7.19. The molecule has 1 fully saturated rings. The van der Waals surface area contributed by atoms with Gasteiger partial charge in [-0.3, -0.25) is 9.58 Å². The molecule has 2 heterocycles. The highest BCUT2D eigenvalue weighted by atomic mass is 19.4. The summed E-state index contributed by atoms with van der Waals surface area (Å²) < 4.78 is 40.1. The molecule has 2 aromatic heterocycles. The minimum Gasteiger partial charge on any atom is -0.334 e. The number of hydrogen-bond donors (Lipinski definition) is 1. The number of aromatic nitrogens is 3. The fourth-order valence-electron chi connectivity index (χ4n) is 5.06. The van der Waals surface area contributed by atoms with Crippen LogP contribution in [0.3, 0.4) is 0 Å². The molecule has 0 aliphatic heterocycles. The fourth-order valence-corrected chi connectivity index (χ4v) is 5.06. The topological polar surface area (TPSA) is 75.4 Å². The van der Waals surface area contributed by atoms with Crippen LogP contribution < -0.4 is 10.2 Å². The highest BCUT2D eigenvalue weighted by Crippen LogP contribution is 2.32. The SMILES string of the molecule is Cn1cc(-c2ccc(N(C(=O)NCc3ccccc3)C3CCC(/C=N\c4ccc(C(F)(F)F)cn4)CC3)cc2)cn1. The van der Waals surface area contributed by atoms with E-state index in [1.807, 2.05) is 78.9 Å². The minimum absolute atomic E-state index is 0.0103. The van der Waals surface area contributed by atoms with Crippen LogP contribution >= 0.6 is 0 Å². The molecule has 0 saturated heterocycles. The molecule has 0 atom stereocenters. The largest absolute Gasteiger partial charge is 0.417 e. The number of nitrogens with one attached hydrogen (secondary N) is 1. The van der Waals surface area contributed by atoms with Gasteiger partial charge in [-0.1, -0.05) is 42.5 Å². The van der Waals surface area contributed by atoms with Gasteiger partial charge in [0, 0.05) is 49.5 Å². The van der Waals surface area contributed by atoms with Gasteiger partial charge in [-0.25, -0.2) is 14.8 Å². The molecule has 1 aliphatic carbocycles. The maximum atomic E-state index is 13.6. The number of amides is 2. The van der Waals surface area contributed by atoms with Gasteiger partial charge in [0.25, 0.3) is 0 Å². The zero-order valence-electron chi connectivity index (χ0n) is 22.6. The standard InChI is InChI=1S/C31H31F3N6O/c1-39-21-25(19-38-39)24-9-14-28(15-10-24)40(30(41)37-18-22-5-3-2-4-6-22)27-12-7-23(8-13-27)17-35-29-16-11-26(20-36-29)31(32,33)34/h2-6,9-11,14-17,19-21,23,27H,7-8,12-13,18H2,1H3,(H,37,41)/b35-17-. The van der Waals surface area contributed by atoms with Gasteiger partial charge in [-0.15, -0.1) is 0 Å². The van der Waals surface area contributed by atoms with Crippen molar-refractivity contribution in [2.24, 2.45) is 18.0 Å². The quantitative estimate of drug-likeness (QED) is 0.243. The lowest BCUT2D eigenvalue weighted by molar-refractivity contribution is -0.137. The number of benzene rings is 2. The summed E-state index contributed by atoms with van der Waals surface area (Å²) in [6.07, 6.45) is 5.02. The van der Waals surface area contributed by atoms with Gasteiger partial charge in [0.15, 0.2) is 5.82 Å². The number of carbonyl (C=O) groups is 1. The van der Waals surface area contributed by atoms with E-state index in [4.69, 9.17) is 0 Å². The van der Waals surface area contributed by atoms with Crippen molar-refractivity contribution in [3.05, 3.63) is 96.4 Å². The Kier molecular flexibility index (Phi) is 8.47. The molecule has 5 rings (SSSR count). The van der Waals surface area contributed by atoms with Gasteiger partial charge < -0.3 is 5.32 Å². The molecule has 0 radical (unpaired) electrons. The second-order valence-electron chi connectivity index (χ2n) is 10.2. The average molecular weight is 561 g/mol. The Morgan fingerprint density at radius 3 is 2.34 bits per heavy atom. The number of hydrogen-bond acceptors (Lipinski definition) is 4. The average Bonchev–Trinajstić information content (AvgIpc) is 3.42. The summed E-state index contributed by atoms with van der Waals surface area (Å²) in [4.78, 5) is 23.5. The first-order chi connectivity index (χ1) is 19.8. The van der Waals surface area contributed by atoms with Gasteiger partial charge >= 0.3 is 12.2 Å². The molecule has 1 aliphatic rings. The Labute approximate surface area is 236 Å². The zero-order chi connectivity index (χ0) is 28.8. The van der Waals surface area contributed by atoms with Gasteiger partial charge in [-0.05, 0) is 67.0 Å². The zero-order valence-corrected chi connectivity index (χ0v) is 22.6. The van der Waals surface area contributed by atoms with Crippen LogP contribution in [-0.4, -0.2) is 33.1 Å². The summed E-state index contributed by atoms with van der Waals surface area (Å²) in [6.45, 7) is 0.423. The molecule has 2 aromatic carbocycles. The predicted molar refractivity (Wildman–Crippen MR) is 153 cm³/mol. The molecule has 7 nitrogen and oxygen atoms in total. The highest BCUT2D eigenvalue weighted by molar-refractivity contribution is 5.93. The van der Waals surface area contributed by atoms with Crippen molar-refractivity contribution in [2.75, 3.05) is 4.90 Å². The number of urea groups is 1. The number of anilines is 1. The molecule has 2 amide bonds. The molecule has 1 N–H and O–H groups in total. The number of aryl methyl sites for hydroxylation is 1. The van der Waals surface area contributed by atoms with Gasteiger partial charge in [-0.2, -0.15) is 18.3 Å². The van der Waals surface area contributed by atoms with E-state index in [-0.39, 0.29) is 23.8 Å². The van der Waals surface area contributed by atoms with E-state index in [0.717, 1.165) is 60.3 Å². The van der Waals surface area contributed by atoms with Crippen LogP contribution in [0.1, 0.15) is 36.8 Å². The van der Waals surface area contributed by atoms with Crippen molar-refractivity contribution in [1.29, 1.82) is 0 Å². The lowest BCUT2D eigenvalue weighted by Gasteiger charge is -2.36. The molecule has 10 heteroatoms. The van der Waals surface area contributed by atoms with Crippen LogP contribution in [0.4, 0.5) is 29.5 Å². The Morgan fingerprint density at radius 1 is 1.00 bits per heavy atom. The summed E-state index contributed by atoms with van der Waals surface area (Å²) in [5.41, 5.74) is 3.06. The van der Waals surface area contributed by atoms with Crippen LogP contribution in [0.15, 0.2) is 90.3 Å². The van der Waals surface area contributed by atoms with E-state index in [1.54, 1.807) is 10.9 Å². The van der Waals surface area contributed by atoms with E-state index >= 15 is 0 Å².